The minimum atomic E-state index is -4.74. The van der Waals surface area contributed by atoms with Gasteiger partial charge in [-0.2, -0.15) is 29.4 Å². The third-order valence-electron chi connectivity index (χ3n) is 2.42. The van der Waals surface area contributed by atoms with Crippen LogP contribution in [0.1, 0.15) is 5.69 Å². The predicted molar refractivity (Wildman–Crippen MR) is 73.6 cm³/mol. The van der Waals surface area contributed by atoms with Gasteiger partial charge in [0, 0.05) is 6.07 Å². The van der Waals surface area contributed by atoms with E-state index in [9.17, 15) is 21.4 Å². The molecule has 12 heteroatoms. The zero-order valence-electron chi connectivity index (χ0n) is 13.1. The van der Waals surface area contributed by atoms with E-state index in [0.717, 1.165) is 17.0 Å². The molecule has 0 saturated carbocycles. The quantitative estimate of drug-likeness (QED) is 0.306. The van der Waals surface area contributed by atoms with Gasteiger partial charge in [0.25, 0.3) is 0 Å². The van der Waals surface area contributed by atoms with E-state index in [1.807, 2.05) is 0 Å². The minimum absolute atomic E-state index is 0. The van der Waals surface area contributed by atoms with E-state index in [1.54, 1.807) is 6.92 Å². The molecule has 0 radical (unpaired) electrons. The Bertz CT molecular complexity index is 894. The summed E-state index contributed by atoms with van der Waals surface area (Å²) in [4.78, 5) is -0.513. The van der Waals surface area contributed by atoms with Crippen LogP contribution in [0.2, 0.25) is 0 Å². The van der Waals surface area contributed by atoms with Crippen molar-refractivity contribution < 1.29 is 124 Å². The van der Waals surface area contributed by atoms with Gasteiger partial charge in [-0.05, 0) is 17.5 Å². The van der Waals surface area contributed by atoms with Crippen LogP contribution in [0.3, 0.4) is 0 Å². The van der Waals surface area contributed by atoms with Crippen LogP contribution in [0.5, 0.6) is 0 Å². The Morgan fingerprint density at radius 2 is 1.87 bits per heavy atom. The Kier molecular flexibility index (Phi) is 9.90. The molecule has 2 rings (SSSR count). The summed E-state index contributed by atoms with van der Waals surface area (Å²) in [5.41, 5.74) is 0.367. The first-order chi connectivity index (χ1) is 9.58. The van der Waals surface area contributed by atoms with Gasteiger partial charge in [0.15, 0.2) is 0 Å². The second-order valence-electron chi connectivity index (χ2n) is 4.30. The Balaban J connectivity index is 0.00000242. The molecule has 0 unspecified atom stereocenters. The van der Waals surface area contributed by atoms with Crippen molar-refractivity contribution >= 4 is 26.0 Å². The van der Waals surface area contributed by atoms with Crippen LogP contribution in [0.4, 0.5) is 5.82 Å². The Labute approximate surface area is 220 Å². The van der Waals surface area contributed by atoms with E-state index >= 15 is 0 Å². The molecule has 114 valence electrons. The molecular weight excluding hydrogens is 396 g/mol. The van der Waals surface area contributed by atoms with Crippen molar-refractivity contribution in [1.82, 2.24) is 9.78 Å². The third kappa shape index (κ3) is 6.88. The number of nitrogens with zero attached hydrogens (tertiary/aromatic N) is 2. The summed E-state index contributed by atoms with van der Waals surface area (Å²) < 4.78 is 59.8. The van der Waals surface area contributed by atoms with Crippen molar-refractivity contribution in [1.29, 1.82) is 0 Å². The molecule has 0 aliphatic carbocycles. The predicted octanol–water partition coefficient (Wildman–Crippen LogP) is -5.74. The van der Waals surface area contributed by atoms with E-state index in [2.05, 4.69) is 15.9 Å². The largest absolute Gasteiger partial charge is 1.00 e. The van der Waals surface area contributed by atoms with Crippen LogP contribution < -0.4 is 107 Å². The molecule has 23 heavy (non-hydrogen) atoms. The molecule has 1 N–H and O–H groups in total. The molecule has 8 nitrogen and oxygen atoms in total. The fourth-order valence-corrected chi connectivity index (χ4v) is 2.89. The Morgan fingerprint density at radius 3 is 2.39 bits per heavy atom. The van der Waals surface area contributed by atoms with E-state index < -0.39 is 25.0 Å². The number of benzene rings is 1. The summed E-state index contributed by atoms with van der Waals surface area (Å²) >= 11 is 0. The molecule has 1 aromatic heterocycles. The topological polar surface area (TPSA) is 121 Å². The average Bonchev–Trinajstić information content (AvgIpc) is 2.66. The molecule has 0 bridgehead atoms. The maximum absolute atomic E-state index is 11.3. The van der Waals surface area contributed by atoms with Gasteiger partial charge < -0.3 is 4.55 Å². The van der Waals surface area contributed by atoms with Gasteiger partial charge in [-0.1, -0.05) is 0 Å². The normalized spacial score (nSPS) is 11.3. The summed E-state index contributed by atoms with van der Waals surface area (Å²) in [5, 5.41) is 4.01. The van der Waals surface area contributed by atoms with E-state index in [1.165, 1.54) is 18.2 Å². The van der Waals surface area contributed by atoms with Crippen LogP contribution >= 0.6 is 0 Å². The van der Waals surface area contributed by atoms with Gasteiger partial charge in [0.2, 0.25) is 10.0 Å². The second-order valence-corrected chi connectivity index (χ2v) is 7.40. The van der Waals surface area contributed by atoms with Gasteiger partial charge in [0.05, 0.1) is 11.9 Å². The zero-order chi connectivity index (χ0) is 15.8. The summed E-state index contributed by atoms with van der Waals surface area (Å²) in [6.07, 6.45) is 0.946. The van der Waals surface area contributed by atoms with Crippen LogP contribution in [0.15, 0.2) is 29.2 Å². The van der Waals surface area contributed by atoms with Crippen molar-refractivity contribution in [3.63, 3.8) is 0 Å². The van der Waals surface area contributed by atoms with Crippen LogP contribution in [-0.2, 0) is 20.1 Å². The molecule has 0 aliphatic heterocycles. The number of sulfonamides is 1. The molecule has 0 spiro atoms. The number of hydrogen-bond acceptors (Lipinski definition) is 6. The van der Waals surface area contributed by atoms with E-state index in [4.69, 9.17) is 0 Å². The Hall–Kier alpha value is 1.36. The molecular formula is C11H11K2N3O5S2. The molecule has 0 amide bonds. The molecule has 1 heterocycles. The van der Waals surface area contributed by atoms with Crippen molar-refractivity contribution in [3.05, 3.63) is 36.0 Å². The van der Waals surface area contributed by atoms with Gasteiger partial charge in [-0.25, -0.2) is 16.8 Å². The van der Waals surface area contributed by atoms with Crippen LogP contribution in [0, 0.1) is 13.0 Å². The molecule has 2 aromatic rings. The molecule has 1 aromatic carbocycles. The monoisotopic (exact) mass is 407 g/mol. The molecule has 0 atom stereocenters. The average molecular weight is 408 g/mol. The smallest absolute Gasteiger partial charge is 0.746 e. The first-order valence-electron chi connectivity index (χ1n) is 5.59. The first kappa shape index (κ1) is 24.4. The fraction of sp³-hybridized carbons (Fsp3) is 0.182. The maximum atomic E-state index is 11.3. The summed E-state index contributed by atoms with van der Waals surface area (Å²) in [5.74, 6) is 0.0273. The van der Waals surface area contributed by atoms with Gasteiger partial charge in [0.1, 0.15) is 15.9 Å². The number of aromatic nitrogens is 2. The number of nitrogens with one attached hydrogen (secondary N) is 1. The fourth-order valence-electron chi connectivity index (χ4n) is 1.73. The van der Waals surface area contributed by atoms with Gasteiger partial charge in [-0.15, -0.1) is 0 Å². The molecule has 0 saturated heterocycles. The maximum Gasteiger partial charge on any atom is 1.00 e. The van der Waals surface area contributed by atoms with Crippen molar-refractivity contribution in [2.24, 2.45) is 0 Å². The van der Waals surface area contributed by atoms with Crippen LogP contribution in [0.25, 0.3) is 5.69 Å². The van der Waals surface area contributed by atoms with Crippen molar-refractivity contribution in [3.8, 4) is 5.69 Å². The molecule has 0 fully saturated rings. The van der Waals surface area contributed by atoms with Crippen molar-refractivity contribution in [2.45, 2.75) is 11.8 Å². The number of rotatable bonds is 4. The second kappa shape index (κ2) is 9.34. The van der Waals surface area contributed by atoms with Crippen molar-refractivity contribution in [2.75, 3.05) is 11.0 Å². The number of anilines is 1. The Morgan fingerprint density at radius 1 is 1.26 bits per heavy atom. The van der Waals surface area contributed by atoms with E-state index in [-0.39, 0.29) is 114 Å². The third-order valence-corrected chi connectivity index (χ3v) is 3.89. The van der Waals surface area contributed by atoms with Gasteiger partial charge >= 0.3 is 103 Å². The van der Waals surface area contributed by atoms with Crippen LogP contribution in [-0.4, -0.2) is 37.4 Å². The molecule has 0 aliphatic rings. The minimum Gasteiger partial charge on any atom is -0.746 e. The number of aryl methyl sites for hydroxylation is 1. The standard InChI is InChI=1S/C11H12N3O5S2.2K/c1-8-7-11(13-20(2,15)16)14(12-8)9-5-3-4-6-10(9)21(17,18)19;;/h4-7,13H,1-2H3,(H,17,18,19);;/q-1;2*+1/p-1. The first-order valence-corrected chi connectivity index (χ1v) is 8.89. The van der Waals surface area contributed by atoms with E-state index in [0.29, 0.717) is 5.69 Å². The number of hydrogen-bond donors (Lipinski definition) is 1. The zero-order valence-corrected chi connectivity index (χ0v) is 20.9. The summed E-state index contributed by atoms with van der Waals surface area (Å²) in [6.45, 7) is 1.60. The SMILES string of the molecule is Cc1cc(NS(C)(=O)=O)n(-c2c[c-]ccc2S(=O)(=O)[O-])n1.[K+].[K+]. The van der Waals surface area contributed by atoms with Gasteiger partial charge in [-0.3, -0.25) is 9.40 Å². The summed E-state index contributed by atoms with van der Waals surface area (Å²) in [6, 6.07) is 7.64. The summed E-state index contributed by atoms with van der Waals surface area (Å²) in [7, 11) is -8.33.